The zero-order valence-corrected chi connectivity index (χ0v) is 24.4. The number of fused-ring (bicyclic) bond motifs is 6. The van der Waals surface area contributed by atoms with Crippen LogP contribution in [0.2, 0.25) is 0 Å². The summed E-state index contributed by atoms with van der Waals surface area (Å²) in [7, 11) is 0. The summed E-state index contributed by atoms with van der Waals surface area (Å²) < 4.78 is 20.3. The molecule has 0 N–H and O–H groups in total. The third-order valence-corrected chi connectivity index (χ3v) is 8.23. The molecule has 2 unspecified atom stereocenters. The summed E-state index contributed by atoms with van der Waals surface area (Å²) in [6, 6.07) is 12.2. The quantitative estimate of drug-likeness (QED) is 0.332. The molecule has 0 amide bonds. The van der Waals surface area contributed by atoms with Crippen LogP contribution in [-0.2, 0) is 26.4 Å². The predicted octanol–water partition coefficient (Wildman–Crippen LogP) is 3.41. The number of hydrogen-bond acceptors (Lipinski definition) is 10. The van der Waals surface area contributed by atoms with E-state index in [1.165, 1.54) is 0 Å². The Hall–Kier alpha value is -3.93. The van der Waals surface area contributed by atoms with E-state index >= 15 is 0 Å². The maximum Gasteiger partial charge on any atom is 0.225 e. The van der Waals surface area contributed by atoms with Crippen molar-refractivity contribution in [1.82, 2.24) is 29.4 Å². The molecule has 11 nitrogen and oxygen atoms in total. The lowest BCUT2D eigenvalue weighted by Crippen LogP contribution is -2.57. The molecule has 3 aliphatic heterocycles. The highest BCUT2D eigenvalue weighted by atomic mass is 16.5. The highest BCUT2D eigenvalue weighted by molar-refractivity contribution is 5.77. The number of benzene rings is 1. The number of para-hydroxylation sites is 1. The van der Waals surface area contributed by atoms with E-state index in [1.54, 1.807) is 0 Å². The van der Waals surface area contributed by atoms with Gasteiger partial charge in [-0.25, -0.2) is 19.9 Å². The fourth-order valence-electron chi connectivity index (χ4n) is 6.31. The van der Waals surface area contributed by atoms with Crippen molar-refractivity contribution in [2.45, 2.75) is 57.7 Å². The van der Waals surface area contributed by atoms with Crippen LogP contribution in [0.15, 0.2) is 48.8 Å². The molecule has 1 aromatic carbocycles. The molecule has 11 heteroatoms. The molecule has 7 rings (SSSR count). The van der Waals surface area contributed by atoms with Crippen LogP contribution in [0.3, 0.4) is 0 Å². The molecular weight excluding hydrogens is 534 g/mol. The van der Waals surface area contributed by atoms with Crippen molar-refractivity contribution in [3.63, 3.8) is 0 Å². The molecule has 1 fully saturated rings. The second-order valence-electron chi connectivity index (χ2n) is 12.3. The summed E-state index contributed by atoms with van der Waals surface area (Å²) in [5.74, 6) is 2.36. The van der Waals surface area contributed by atoms with Crippen molar-refractivity contribution in [3.8, 4) is 17.0 Å². The van der Waals surface area contributed by atoms with Crippen molar-refractivity contribution >= 4 is 23.4 Å². The number of anilines is 1. The molecule has 42 heavy (non-hydrogen) atoms. The van der Waals surface area contributed by atoms with E-state index in [-0.39, 0.29) is 6.04 Å². The van der Waals surface area contributed by atoms with E-state index in [1.807, 2.05) is 63.5 Å². The van der Waals surface area contributed by atoms with E-state index in [4.69, 9.17) is 34.1 Å². The van der Waals surface area contributed by atoms with Gasteiger partial charge in [0.05, 0.1) is 17.9 Å². The van der Waals surface area contributed by atoms with Gasteiger partial charge in [-0.1, -0.05) is 18.2 Å². The van der Waals surface area contributed by atoms with Crippen molar-refractivity contribution < 1.29 is 19.0 Å². The average molecular weight is 570 g/mol. The summed E-state index contributed by atoms with van der Waals surface area (Å²) >= 11 is 0. The van der Waals surface area contributed by atoms with E-state index in [9.17, 15) is 4.79 Å². The van der Waals surface area contributed by atoms with Gasteiger partial charge in [0.1, 0.15) is 35.8 Å². The van der Waals surface area contributed by atoms with Crippen molar-refractivity contribution in [2.75, 3.05) is 37.7 Å². The van der Waals surface area contributed by atoms with Gasteiger partial charge in [-0.15, -0.1) is 0 Å². The molecule has 0 saturated carbocycles. The minimum atomic E-state index is -0.567. The van der Waals surface area contributed by atoms with E-state index in [0.29, 0.717) is 45.4 Å². The fraction of sp³-hybridized carbons (Fsp3) is 0.452. The molecule has 0 bridgehead atoms. The number of carbonyl (C=O) groups is 1. The van der Waals surface area contributed by atoms with Gasteiger partial charge in [0.15, 0.2) is 18.2 Å². The number of rotatable bonds is 5. The van der Waals surface area contributed by atoms with Crippen LogP contribution in [0.4, 0.5) is 5.95 Å². The molecule has 218 valence electrons. The smallest absolute Gasteiger partial charge is 0.225 e. The topological polar surface area (TPSA) is 108 Å². The highest BCUT2D eigenvalue weighted by Crippen LogP contribution is 2.44. The third-order valence-electron chi connectivity index (χ3n) is 8.23. The van der Waals surface area contributed by atoms with Gasteiger partial charge in [0.25, 0.3) is 0 Å². The maximum atomic E-state index is 11.8. The first-order valence-corrected chi connectivity index (χ1v) is 14.4. The standard InChI is InChI=1S/C31H35N7O4/c1-20-15-36(27(16-39)42-30(2,3)4)11-12-37(20)29-32-13-21(14-33-29)23-9-10-24-28(35-23)38-26(34-24)17-40-18-31(38)19-41-25-8-6-5-7-22(25)31/h5-10,13-14,16,20,27H,11-12,15,17-19H2,1-4H3/t20-,27?,31?/m0/s1. The third kappa shape index (κ3) is 4.52. The lowest BCUT2D eigenvalue weighted by Gasteiger charge is -2.42. The normalized spacial score (nSPS) is 23.0. The van der Waals surface area contributed by atoms with Gasteiger partial charge in [-0.2, -0.15) is 0 Å². The molecule has 0 aliphatic carbocycles. The Morgan fingerprint density at radius 2 is 1.88 bits per heavy atom. The van der Waals surface area contributed by atoms with Gasteiger partial charge in [0, 0.05) is 49.2 Å². The molecular formula is C31H35N7O4. The summed E-state index contributed by atoms with van der Waals surface area (Å²) in [6.45, 7) is 11.4. The second kappa shape index (κ2) is 10.1. The van der Waals surface area contributed by atoms with Crippen LogP contribution in [0.1, 0.15) is 39.1 Å². The van der Waals surface area contributed by atoms with Gasteiger partial charge < -0.3 is 19.1 Å². The average Bonchev–Trinajstić information content (AvgIpc) is 3.55. The molecule has 1 spiro atoms. The SMILES string of the molecule is C[C@H]1CN(C(C=O)OC(C)(C)C)CCN1c1ncc(-c2ccc3nc4n(c3n2)C2(COC4)COc3ccccc32)cn1. The zero-order chi connectivity index (χ0) is 29.1. The number of aldehydes is 1. The van der Waals surface area contributed by atoms with Gasteiger partial charge >= 0.3 is 0 Å². The number of piperazine rings is 1. The first-order valence-electron chi connectivity index (χ1n) is 14.4. The number of imidazole rings is 1. The van der Waals surface area contributed by atoms with E-state index < -0.39 is 17.4 Å². The van der Waals surface area contributed by atoms with Crippen LogP contribution in [0.5, 0.6) is 5.75 Å². The Labute approximate surface area is 244 Å². The Balaban J connectivity index is 1.15. The molecule has 6 heterocycles. The predicted molar refractivity (Wildman–Crippen MR) is 156 cm³/mol. The van der Waals surface area contributed by atoms with E-state index in [0.717, 1.165) is 45.8 Å². The van der Waals surface area contributed by atoms with E-state index in [2.05, 4.69) is 27.4 Å². The molecule has 4 aromatic rings. The molecule has 3 aromatic heterocycles. The lowest BCUT2D eigenvalue weighted by atomic mass is 9.91. The van der Waals surface area contributed by atoms with Crippen molar-refractivity contribution in [2.24, 2.45) is 0 Å². The minimum absolute atomic E-state index is 0.110. The first-order chi connectivity index (χ1) is 20.3. The number of aromatic nitrogens is 5. The second-order valence-corrected chi connectivity index (χ2v) is 12.3. The highest BCUT2D eigenvalue weighted by Gasteiger charge is 2.47. The van der Waals surface area contributed by atoms with Crippen molar-refractivity contribution in [1.29, 1.82) is 0 Å². The summed E-state index contributed by atoms with van der Waals surface area (Å²) in [4.78, 5) is 35.4. The Morgan fingerprint density at radius 3 is 2.64 bits per heavy atom. The molecule has 1 saturated heterocycles. The summed E-state index contributed by atoms with van der Waals surface area (Å²) in [5.41, 5.74) is 3.39. The van der Waals surface area contributed by atoms with Crippen LogP contribution in [0.25, 0.3) is 22.4 Å². The number of carbonyl (C=O) groups excluding carboxylic acids is 1. The number of ether oxygens (including phenoxy) is 3. The Morgan fingerprint density at radius 1 is 1.07 bits per heavy atom. The minimum Gasteiger partial charge on any atom is -0.490 e. The summed E-state index contributed by atoms with van der Waals surface area (Å²) in [5, 5.41) is 0. The Bertz CT molecular complexity index is 1630. The van der Waals surface area contributed by atoms with Crippen LogP contribution in [0, 0.1) is 0 Å². The van der Waals surface area contributed by atoms with Gasteiger partial charge in [-0.3, -0.25) is 14.3 Å². The Kier molecular flexibility index (Phi) is 6.48. The zero-order valence-electron chi connectivity index (χ0n) is 24.4. The van der Waals surface area contributed by atoms with Crippen LogP contribution < -0.4 is 9.64 Å². The summed E-state index contributed by atoms with van der Waals surface area (Å²) in [6.07, 6.45) is 3.97. The van der Waals surface area contributed by atoms with Crippen LogP contribution in [-0.4, -0.2) is 86.4 Å². The largest absolute Gasteiger partial charge is 0.490 e. The fourth-order valence-corrected chi connectivity index (χ4v) is 6.31. The molecule has 0 radical (unpaired) electrons. The maximum absolute atomic E-state index is 11.8. The number of nitrogens with zero attached hydrogens (tertiary/aromatic N) is 7. The first kappa shape index (κ1) is 26.9. The molecule has 3 atom stereocenters. The monoisotopic (exact) mass is 569 g/mol. The number of pyridine rings is 1. The number of hydrogen-bond donors (Lipinski definition) is 0. The lowest BCUT2D eigenvalue weighted by molar-refractivity contribution is -0.153. The van der Waals surface area contributed by atoms with Crippen molar-refractivity contribution in [3.05, 3.63) is 60.2 Å². The van der Waals surface area contributed by atoms with Gasteiger partial charge in [-0.05, 0) is 45.9 Å². The molecule has 3 aliphatic rings. The van der Waals surface area contributed by atoms with Gasteiger partial charge in [0.2, 0.25) is 5.95 Å². The van der Waals surface area contributed by atoms with Crippen LogP contribution >= 0.6 is 0 Å².